The van der Waals surface area contributed by atoms with E-state index in [-0.39, 0.29) is 11.3 Å². The fourth-order valence-corrected chi connectivity index (χ4v) is 2.64. The van der Waals surface area contributed by atoms with Crippen molar-refractivity contribution in [3.8, 4) is 0 Å². The van der Waals surface area contributed by atoms with Gasteiger partial charge in [0, 0.05) is 26.3 Å². The van der Waals surface area contributed by atoms with Crippen molar-refractivity contribution < 1.29 is 9.53 Å². The van der Waals surface area contributed by atoms with Crippen LogP contribution >= 0.6 is 0 Å². The third-order valence-corrected chi connectivity index (χ3v) is 3.89. The lowest BCUT2D eigenvalue weighted by Crippen LogP contribution is -2.46. The number of carbonyl (C=O) groups is 1. The first kappa shape index (κ1) is 15.4. The predicted molar refractivity (Wildman–Crippen MR) is 73.3 cm³/mol. The summed E-state index contributed by atoms with van der Waals surface area (Å²) in [5.74, 6) is 0.156. The van der Waals surface area contributed by atoms with E-state index >= 15 is 0 Å². The van der Waals surface area contributed by atoms with Gasteiger partial charge in [-0.3, -0.25) is 4.79 Å². The molecule has 1 amide bonds. The molecule has 0 aromatic heterocycles. The van der Waals surface area contributed by atoms with Gasteiger partial charge in [-0.15, -0.1) is 0 Å². The summed E-state index contributed by atoms with van der Waals surface area (Å²) in [5, 5.41) is 3.03. The number of hydrogen-bond acceptors (Lipinski definition) is 3. The van der Waals surface area contributed by atoms with Gasteiger partial charge in [0.1, 0.15) is 0 Å². The number of hydrogen-bond donors (Lipinski definition) is 2. The fraction of sp³-hybridized carbons (Fsp3) is 0.929. The molecule has 0 spiro atoms. The fourth-order valence-electron chi connectivity index (χ4n) is 2.64. The van der Waals surface area contributed by atoms with Gasteiger partial charge in [-0.25, -0.2) is 0 Å². The van der Waals surface area contributed by atoms with Gasteiger partial charge in [-0.05, 0) is 26.2 Å². The highest BCUT2D eigenvalue weighted by Gasteiger charge is 2.36. The molecule has 106 valence electrons. The van der Waals surface area contributed by atoms with Crippen LogP contribution in [0.2, 0.25) is 0 Å². The average molecular weight is 256 g/mol. The Morgan fingerprint density at radius 2 is 1.94 bits per heavy atom. The van der Waals surface area contributed by atoms with Crippen LogP contribution in [0.25, 0.3) is 0 Å². The van der Waals surface area contributed by atoms with Crippen LogP contribution in [0.4, 0.5) is 0 Å². The number of ether oxygens (including phenoxy) is 1. The van der Waals surface area contributed by atoms with Gasteiger partial charge < -0.3 is 15.8 Å². The lowest BCUT2D eigenvalue weighted by atomic mass is 9.79. The number of amides is 1. The summed E-state index contributed by atoms with van der Waals surface area (Å²) in [7, 11) is 0. The summed E-state index contributed by atoms with van der Waals surface area (Å²) < 4.78 is 5.26. The number of rotatable bonds is 7. The summed E-state index contributed by atoms with van der Waals surface area (Å²) in [5.41, 5.74) is 5.57. The lowest BCUT2D eigenvalue weighted by molar-refractivity contribution is -0.131. The Balaban J connectivity index is 2.35. The minimum atomic E-state index is -0.303. The van der Waals surface area contributed by atoms with Gasteiger partial charge in [-0.1, -0.05) is 25.7 Å². The molecule has 0 radical (unpaired) electrons. The van der Waals surface area contributed by atoms with Crippen molar-refractivity contribution >= 4 is 5.91 Å². The molecule has 18 heavy (non-hydrogen) atoms. The molecule has 3 N–H and O–H groups in total. The van der Waals surface area contributed by atoms with E-state index in [2.05, 4.69) is 5.32 Å². The monoisotopic (exact) mass is 256 g/mol. The molecule has 4 heteroatoms. The zero-order valence-corrected chi connectivity index (χ0v) is 11.7. The van der Waals surface area contributed by atoms with Crippen molar-refractivity contribution in [3.63, 3.8) is 0 Å². The second kappa shape index (κ2) is 8.48. The van der Waals surface area contributed by atoms with E-state index in [0.717, 1.165) is 38.7 Å². The largest absolute Gasteiger partial charge is 0.382 e. The van der Waals surface area contributed by atoms with E-state index in [9.17, 15) is 4.79 Å². The molecule has 0 atom stereocenters. The van der Waals surface area contributed by atoms with Crippen LogP contribution in [0.5, 0.6) is 0 Å². The van der Waals surface area contributed by atoms with E-state index in [0.29, 0.717) is 19.7 Å². The SMILES string of the molecule is CCOCCCNC(=O)C1(CN)CCCCCC1. The molecule has 0 unspecified atom stereocenters. The Bertz CT molecular complexity index is 236. The maximum Gasteiger partial charge on any atom is 0.227 e. The minimum Gasteiger partial charge on any atom is -0.382 e. The summed E-state index contributed by atoms with van der Waals surface area (Å²) in [6.45, 7) is 4.60. The Kier molecular flexibility index (Phi) is 7.28. The molecule has 0 heterocycles. The van der Waals surface area contributed by atoms with Crippen LogP contribution in [0.15, 0.2) is 0 Å². The number of carbonyl (C=O) groups excluding carboxylic acids is 1. The standard InChI is InChI=1S/C14H28N2O2/c1-2-18-11-7-10-16-13(17)14(12-15)8-5-3-4-6-9-14/h2-12,15H2,1H3,(H,16,17). The van der Waals surface area contributed by atoms with Crippen molar-refractivity contribution in [3.05, 3.63) is 0 Å². The molecule has 0 aliphatic heterocycles. The van der Waals surface area contributed by atoms with Gasteiger partial charge >= 0.3 is 0 Å². The Hall–Kier alpha value is -0.610. The molecule has 0 bridgehead atoms. The Morgan fingerprint density at radius 1 is 1.28 bits per heavy atom. The zero-order valence-electron chi connectivity index (χ0n) is 11.7. The van der Waals surface area contributed by atoms with E-state index < -0.39 is 0 Å². The van der Waals surface area contributed by atoms with Crippen LogP contribution in [0.3, 0.4) is 0 Å². The minimum absolute atomic E-state index is 0.156. The van der Waals surface area contributed by atoms with Gasteiger partial charge in [0.25, 0.3) is 0 Å². The molecule has 0 aromatic rings. The smallest absolute Gasteiger partial charge is 0.227 e. The average Bonchev–Trinajstić information content (AvgIpc) is 2.64. The molecule has 1 fully saturated rings. The summed E-state index contributed by atoms with van der Waals surface area (Å²) >= 11 is 0. The lowest BCUT2D eigenvalue weighted by Gasteiger charge is -2.29. The maximum absolute atomic E-state index is 12.3. The second-order valence-corrected chi connectivity index (χ2v) is 5.21. The second-order valence-electron chi connectivity index (χ2n) is 5.21. The van der Waals surface area contributed by atoms with Crippen molar-refractivity contribution in [1.29, 1.82) is 0 Å². The highest BCUT2D eigenvalue weighted by atomic mass is 16.5. The van der Waals surface area contributed by atoms with Crippen LogP contribution in [-0.2, 0) is 9.53 Å². The predicted octanol–water partition coefficient (Wildman–Crippen LogP) is 1.83. The van der Waals surface area contributed by atoms with E-state index in [1.54, 1.807) is 0 Å². The van der Waals surface area contributed by atoms with Gasteiger partial charge in [-0.2, -0.15) is 0 Å². The summed E-state index contributed by atoms with van der Waals surface area (Å²) in [6.07, 6.45) is 7.49. The number of nitrogens with two attached hydrogens (primary N) is 1. The highest BCUT2D eigenvalue weighted by Crippen LogP contribution is 2.34. The molecule has 1 aliphatic rings. The molecule has 0 aromatic carbocycles. The van der Waals surface area contributed by atoms with E-state index in [4.69, 9.17) is 10.5 Å². The zero-order chi connectivity index (χ0) is 13.3. The van der Waals surface area contributed by atoms with Gasteiger partial charge in [0.15, 0.2) is 0 Å². The van der Waals surface area contributed by atoms with Crippen molar-refractivity contribution in [2.45, 2.75) is 51.9 Å². The molecule has 1 rings (SSSR count). The normalized spacial score (nSPS) is 19.2. The first-order valence-electron chi connectivity index (χ1n) is 7.31. The first-order valence-corrected chi connectivity index (χ1v) is 7.31. The molecule has 1 aliphatic carbocycles. The Labute approximate surface area is 111 Å². The van der Waals surface area contributed by atoms with Crippen LogP contribution < -0.4 is 11.1 Å². The molecular weight excluding hydrogens is 228 g/mol. The van der Waals surface area contributed by atoms with E-state index in [1.807, 2.05) is 6.92 Å². The van der Waals surface area contributed by atoms with Crippen LogP contribution in [0.1, 0.15) is 51.9 Å². The Morgan fingerprint density at radius 3 is 2.50 bits per heavy atom. The summed E-state index contributed by atoms with van der Waals surface area (Å²) in [6, 6.07) is 0. The van der Waals surface area contributed by atoms with Crippen LogP contribution in [0, 0.1) is 5.41 Å². The van der Waals surface area contributed by atoms with Crippen molar-refractivity contribution in [2.75, 3.05) is 26.3 Å². The molecule has 4 nitrogen and oxygen atoms in total. The number of nitrogens with one attached hydrogen (secondary N) is 1. The third kappa shape index (κ3) is 4.58. The van der Waals surface area contributed by atoms with Gasteiger partial charge in [0.2, 0.25) is 5.91 Å². The van der Waals surface area contributed by atoms with Crippen LogP contribution in [-0.4, -0.2) is 32.2 Å². The van der Waals surface area contributed by atoms with Crippen molar-refractivity contribution in [1.82, 2.24) is 5.32 Å². The molecule has 0 saturated heterocycles. The van der Waals surface area contributed by atoms with Crippen molar-refractivity contribution in [2.24, 2.45) is 11.1 Å². The first-order chi connectivity index (χ1) is 8.75. The quantitative estimate of drug-likeness (QED) is 0.539. The third-order valence-electron chi connectivity index (χ3n) is 3.89. The van der Waals surface area contributed by atoms with E-state index in [1.165, 1.54) is 12.8 Å². The molecule has 1 saturated carbocycles. The summed E-state index contributed by atoms with van der Waals surface area (Å²) in [4.78, 5) is 12.3. The van der Waals surface area contributed by atoms with Gasteiger partial charge in [0.05, 0.1) is 5.41 Å². The topological polar surface area (TPSA) is 64.3 Å². The highest BCUT2D eigenvalue weighted by molar-refractivity contribution is 5.82. The molecular formula is C14H28N2O2. The maximum atomic E-state index is 12.3.